The molecule has 0 fully saturated rings. The molecule has 1 amide bonds. The molecule has 2 rings (SSSR count). The lowest BCUT2D eigenvalue weighted by molar-refractivity contribution is 0.0689. The zero-order valence-electron chi connectivity index (χ0n) is 12.4. The van der Waals surface area contributed by atoms with Crippen LogP contribution in [0.5, 0.6) is 0 Å². The first kappa shape index (κ1) is 15.6. The minimum atomic E-state index is -1.18. The van der Waals surface area contributed by atoms with Gasteiger partial charge in [-0.05, 0) is 26.3 Å². The molecule has 0 unspecified atom stereocenters. The van der Waals surface area contributed by atoms with Crippen molar-refractivity contribution in [3.05, 3.63) is 41.2 Å². The van der Waals surface area contributed by atoms with Gasteiger partial charge in [-0.25, -0.2) is 14.8 Å². The lowest BCUT2D eigenvalue weighted by Gasteiger charge is -2.06. The Balaban J connectivity index is 1.80. The maximum Gasteiger partial charge on any atom is 0.356 e. The fraction of sp³-hybridized carbons (Fsp3) is 0.357. The lowest BCUT2D eigenvalue weighted by atomic mass is 10.3. The van der Waals surface area contributed by atoms with Crippen LogP contribution in [0, 0.1) is 13.8 Å². The van der Waals surface area contributed by atoms with E-state index in [0.717, 1.165) is 30.2 Å². The van der Waals surface area contributed by atoms with E-state index in [2.05, 4.69) is 20.4 Å². The van der Waals surface area contributed by atoms with E-state index < -0.39 is 5.97 Å². The van der Waals surface area contributed by atoms with Crippen molar-refractivity contribution in [2.75, 3.05) is 6.54 Å². The van der Waals surface area contributed by atoms with Crippen LogP contribution in [0.4, 0.5) is 0 Å². The summed E-state index contributed by atoms with van der Waals surface area (Å²) in [6.07, 6.45) is 2.95. The second-order valence-corrected chi connectivity index (χ2v) is 4.85. The normalized spacial score (nSPS) is 10.5. The number of aromatic carboxylic acids is 1. The lowest BCUT2D eigenvalue weighted by Crippen LogP contribution is -2.26. The molecular formula is C14H17N5O3. The van der Waals surface area contributed by atoms with Crippen LogP contribution in [0.2, 0.25) is 0 Å². The van der Waals surface area contributed by atoms with Crippen molar-refractivity contribution >= 4 is 11.9 Å². The van der Waals surface area contributed by atoms with Gasteiger partial charge >= 0.3 is 5.97 Å². The number of carbonyl (C=O) groups excluding carboxylic acids is 1. The topological polar surface area (TPSA) is 110 Å². The van der Waals surface area contributed by atoms with Crippen LogP contribution in [0.15, 0.2) is 18.5 Å². The first-order valence-corrected chi connectivity index (χ1v) is 6.82. The summed E-state index contributed by atoms with van der Waals surface area (Å²) in [7, 11) is 0. The van der Waals surface area contributed by atoms with Crippen molar-refractivity contribution < 1.29 is 14.7 Å². The predicted molar refractivity (Wildman–Crippen MR) is 77.6 cm³/mol. The number of aryl methyl sites for hydroxylation is 3. The molecule has 116 valence electrons. The van der Waals surface area contributed by atoms with Crippen LogP contribution < -0.4 is 5.32 Å². The maximum atomic E-state index is 11.8. The van der Waals surface area contributed by atoms with Crippen molar-refractivity contribution in [3.63, 3.8) is 0 Å². The number of nitrogens with zero attached hydrogens (tertiary/aromatic N) is 4. The molecule has 0 aliphatic heterocycles. The van der Waals surface area contributed by atoms with Gasteiger partial charge in [-0.15, -0.1) is 0 Å². The molecule has 2 N–H and O–H groups in total. The molecule has 8 heteroatoms. The van der Waals surface area contributed by atoms with Crippen LogP contribution in [0.25, 0.3) is 0 Å². The van der Waals surface area contributed by atoms with Crippen LogP contribution in [0.1, 0.15) is 38.8 Å². The fourth-order valence-corrected chi connectivity index (χ4v) is 1.98. The Bertz CT molecular complexity index is 678. The molecule has 0 aliphatic rings. The van der Waals surface area contributed by atoms with Gasteiger partial charge in [0.1, 0.15) is 5.69 Å². The third-order valence-electron chi connectivity index (χ3n) is 3.04. The number of rotatable bonds is 6. The average Bonchev–Trinajstić information content (AvgIpc) is 2.81. The van der Waals surface area contributed by atoms with Gasteiger partial charge in [0.05, 0.1) is 18.1 Å². The zero-order valence-corrected chi connectivity index (χ0v) is 12.4. The van der Waals surface area contributed by atoms with Gasteiger partial charge in [-0.2, -0.15) is 5.10 Å². The van der Waals surface area contributed by atoms with Gasteiger partial charge < -0.3 is 10.4 Å². The number of carboxylic acid groups (broad SMARTS) is 1. The third-order valence-corrected chi connectivity index (χ3v) is 3.04. The molecule has 0 aromatic carbocycles. The highest BCUT2D eigenvalue weighted by Gasteiger charge is 2.10. The highest BCUT2D eigenvalue weighted by Crippen LogP contribution is 2.02. The monoisotopic (exact) mass is 303 g/mol. The van der Waals surface area contributed by atoms with Crippen molar-refractivity contribution in [2.24, 2.45) is 0 Å². The minimum Gasteiger partial charge on any atom is -0.476 e. The van der Waals surface area contributed by atoms with Crippen molar-refractivity contribution in [1.29, 1.82) is 0 Å². The molecule has 2 heterocycles. The maximum absolute atomic E-state index is 11.8. The second kappa shape index (κ2) is 6.79. The highest BCUT2D eigenvalue weighted by molar-refractivity contribution is 5.92. The van der Waals surface area contributed by atoms with Crippen molar-refractivity contribution in [2.45, 2.75) is 26.8 Å². The van der Waals surface area contributed by atoms with E-state index in [0.29, 0.717) is 13.1 Å². The summed E-state index contributed by atoms with van der Waals surface area (Å²) in [5, 5.41) is 15.8. The van der Waals surface area contributed by atoms with Gasteiger partial charge in [0, 0.05) is 18.8 Å². The molecule has 0 atom stereocenters. The molecule has 0 saturated carbocycles. The fourth-order valence-electron chi connectivity index (χ4n) is 1.98. The molecule has 2 aromatic heterocycles. The molecule has 2 aromatic rings. The number of aromatic nitrogens is 4. The molecule has 0 spiro atoms. The van der Waals surface area contributed by atoms with Gasteiger partial charge in [-0.3, -0.25) is 9.48 Å². The molecule has 22 heavy (non-hydrogen) atoms. The largest absolute Gasteiger partial charge is 0.476 e. The number of hydrogen-bond acceptors (Lipinski definition) is 5. The highest BCUT2D eigenvalue weighted by atomic mass is 16.4. The third kappa shape index (κ3) is 3.87. The van der Waals surface area contributed by atoms with E-state index in [9.17, 15) is 9.59 Å². The van der Waals surface area contributed by atoms with Gasteiger partial charge in [0.15, 0.2) is 5.69 Å². The van der Waals surface area contributed by atoms with Crippen LogP contribution in [-0.2, 0) is 6.54 Å². The van der Waals surface area contributed by atoms with Crippen LogP contribution in [-0.4, -0.2) is 43.3 Å². The van der Waals surface area contributed by atoms with E-state index in [1.54, 1.807) is 0 Å². The zero-order chi connectivity index (χ0) is 16.1. The van der Waals surface area contributed by atoms with E-state index in [-0.39, 0.29) is 17.3 Å². The number of amides is 1. The molecule has 0 aliphatic carbocycles. The first-order chi connectivity index (χ1) is 10.5. The van der Waals surface area contributed by atoms with Crippen LogP contribution in [0.3, 0.4) is 0 Å². The Morgan fingerprint density at radius 3 is 2.45 bits per heavy atom. The van der Waals surface area contributed by atoms with E-state index >= 15 is 0 Å². The summed E-state index contributed by atoms with van der Waals surface area (Å²) >= 11 is 0. The SMILES string of the molecule is Cc1cc(C)n(CCCNC(=O)c2cnc(C(=O)O)cn2)n1. The van der Waals surface area contributed by atoms with Crippen molar-refractivity contribution in [3.8, 4) is 0 Å². The molecule has 0 bridgehead atoms. The van der Waals surface area contributed by atoms with Gasteiger partial charge in [-0.1, -0.05) is 0 Å². The minimum absolute atomic E-state index is 0.0936. The summed E-state index contributed by atoms with van der Waals surface area (Å²) in [4.78, 5) is 29.9. The summed E-state index contributed by atoms with van der Waals surface area (Å²) in [6, 6.07) is 2.00. The predicted octanol–water partition coefficient (Wildman–Crippen LogP) is 0.808. The number of hydrogen-bond donors (Lipinski definition) is 2. The second-order valence-electron chi connectivity index (χ2n) is 4.85. The Kier molecular flexibility index (Phi) is 4.82. The van der Waals surface area contributed by atoms with E-state index in [1.165, 1.54) is 0 Å². The number of carboxylic acids is 1. The quantitative estimate of drug-likeness (QED) is 0.764. The standard InChI is InChI=1S/C14H17N5O3/c1-9-6-10(2)19(18-9)5-3-4-15-13(20)11-7-17-12(8-16-11)14(21)22/h6-8H,3-5H2,1-2H3,(H,15,20)(H,21,22). The Labute approximate surface area is 127 Å². The molecule has 0 radical (unpaired) electrons. The summed E-state index contributed by atoms with van der Waals surface area (Å²) in [5.74, 6) is -1.55. The van der Waals surface area contributed by atoms with Crippen LogP contribution >= 0.6 is 0 Å². The Morgan fingerprint density at radius 2 is 1.91 bits per heavy atom. The first-order valence-electron chi connectivity index (χ1n) is 6.82. The summed E-state index contributed by atoms with van der Waals surface area (Å²) < 4.78 is 1.89. The van der Waals surface area contributed by atoms with Gasteiger partial charge in [0.25, 0.3) is 5.91 Å². The van der Waals surface area contributed by atoms with Gasteiger partial charge in [0.2, 0.25) is 0 Å². The summed E-state index contributed by atoms with van der Waals surface area (Å²) in [6.45, 7) is 5.10. The molecule has 8 nitrogen and oxygen atoms in total. The Morgan fingerprint density at radius 1 is 1.23 bits per heavy atom. The number of carbonyl (C=O) groups is 2. The number of nitrogens with one attached hydrogen (secondary N) is 1. The molecular weight excluding hydrogens is 286 g/mol. The van der Waals surface area contributed by atoms with E-state index in [4.69, 9.17) is 5.11 Å². The average molecular weight is 303 g/mol. The van der Waals surface area contributed by atoms with Crippen molar-refractivity contribution in [1.82, 2.24) is 25.1 Å². The molecule has 0 saturated heterocycles. The Hall–Kier alpha value is -2.77. The smallest absolute Gasteiger partial charge is 0.356 e. The summed E-state index contributed by atoms with van der Waals surface area (Å²) in [5.41, 5.74) is 1.95. The van der Waals surface area contributed by atoms with E-state index in [1.807, 2.05) is 24.6 Å².